The lowest BCUT2D eigenvalue weighted by molar-refractivity contribution is 0.0599. The normalized spacial score (nSPS) is 9.85. The number of hydrogen-bond donors (Lipinski definition) is 0. The van der Waals surface area contributed by atoms with Crippen LogP contribution in [0.1, 0.15) is 10.4 Å². The summed E-state index contributed by atoms with van der Waals surface area (Å²) in [6.07, 6.45) is 0. The zero-order chi connectivity index (χ0) is 10.0. The second kappa shape index (κ2) is 4.79. The van der Waals surface area contributed by atoms with Crippen molar-refractivity contribution in [3.05, 3.63) is 29.9 Å². The fourth-order valence-corrected chi connectivity index (χ4v) is 2.27. The molecule has 5 heteroatoms. The van der Waals surface area contributed by atoms with Gasteiger partial charge < -0.3 is 4.74 Å². The van der Waals surface area contributed by atoms with Crippen LogP contribution in [0.5, 0.6) is 0 Å². The van der Waals surface area contributed by atoms with Crippen molar-refractivity contribution < 1.29 is 9.53 Å². The number of ether oxygens (including phenoxy) is 1. The number of rotatable bonds is 1. The fourth-order valence-electron chi connectivity index (χ4n) is 0.794. The number of benzene rings is 1. The molecule has 2 nitrogen and oxygen atoms in total. The summed E-state index contributed by atoms with van der Waals surface area (Å²) in [5.74, 6) is -0.334. The largest absolute Gasteiger partial charge is 0.465 e. The number of carbonyl (C=O) groups excluding carboxylic acids is 1. The van der Waals surface area contributed by atoms with Gasteiger partial charge in [0, 0.05) is 7.14 Å². The molecule has 70 valence electrons. The molecule has 0 N–H and O–H groups in total. The van der Waals surface area contributed by atoms with E-state index in [1.54, 1.807) is 12.1 Å². The highest BCUT2D eigenvalue weighted by Gasteiger charge is 2.13. The summed E-state index contributed by atoms with van der Waals surface area (Å²) >= 11 is 10.0. The fraction of sp³-hybridized carbons (Fsp3) is 0.125. The molecule has 0 heterocycles. The van der Waals surface area contributed by atoms with E-state index in [0.717, 1.165) is 7.14 Å². The second-order valence-electron chi connectivity index (χ2n) is 2.21. The van der Waals surface area contributed by atoms with Crippen LogP contribution in [-0.4, -0.2) is 13.1 Å². The third-order valence-corrected chi connectivity index (χ3v) is 5.35. The number of esters is 1. The molecular formula is C8H5ClI2O2. The highest BCUT2D eigenvalue weighted by Crippen LogP contribution is 2.26. The maximum absolute atomic E-state index is 11.2. The summed E-state index contributed by atoms with van der Waals surface area (Å²) in [6, 6.07) is 3.36. The quantitative estimate of drug-likeness (QED) is 0.394. The molecule has 0 amide bonds. The van der Waals surface area contributed by atoms with Gasteiger partial charge in [-0.2, -0.15) is 0 Å². The smallest absolute Gasteiger partial charge is 0.338 e. The average molecular weight is 422 g/mol. The number of hydrogen-bond acceptors (Lipinski definition) is 2. The molecule has 0 fully saturated rings. The minimum atomic E-state index is -0.334. The summed E-state index contributed by atoms with van der Waals surface area (Å²) < 4.78 is 6.33. The molecule has 13 heavy (non-hydrogen) atoms. The Hall–Kier alpha value is 0.440. The predicted molar refractivity (Wildman–Crippen MR) is 68.2 cm³/mol. The molecule has 0 radical (unpaired) electrons. The first-order valence-corrected chi connectivity index (χ1v) is 5.83. The monoisotopic (exact) mass is 422 g/mol. The van der Waals surface area contributed by atoms with Gasteiger partial charge in [-0.3, -0.25) is 0 Å². The molecule has 0 spiro atoms. The van der Waals surface area contributed by atoms with E-state index >= 15 is 0 Å². The van der Waals surface area contributed by atoms with Crippen LogP contribution in [0, 0.1) is 7.14 Å². The van der Waals surface area contributed by atoms with Crippen LogP contribution in [0.2, 0.25) is 5.02 Å². The summed E-state index contributed by atoms with van der Waals surface area (Å²) in [7, 11) is 1.36. The molecule has 0 aromatic heterocycles. The lowest BCUT2D eigenvalue weighted by Gasteiger charge is -2.05. The Bertz CT molecular complexity index is 352. The van der Waals surface area contributed by atoms with Crippen LogP contribution < -0.4 is 0 Å². The highest BCUT2D eigenvalue weighted by atomic mass is 127. The van der Waals surface area contributed by atoms with Crippen molar-refractivity contribution in [2.75, 3.05) is 7.11 Å². The Morgan fingerprint density at radius 1 is 1.38 bits per heavy atom. The molecule has 0 unspecified atom stereocenters. The maximum Gasteiger partial charge on any atom is 0.338 e. The third kappa shape index (κ3) is 2.47. The summed E-state index contributed by atoms with van der Waals surface area (Å²) in [5, 5.41) is 0.651. The van der Waals surface area contributed by atoms with Crippen LogP contribution >= 0.6 is 56.8 Å². The third-order valence-electron chi connectivity index (χ3n) is 1.44. The Balaban J connectivity index is 3.26. The molecule has 0 aliphatic heterocycles. The standard InChI is InChI=1S/C8H5ClI2O2/c1-13-8(12)4-2-3-5(9)7(11)6(4)10/h2-3H,1H3. The van der Waals surface area contributed by atoms with Crippen LogP contribution in [0.15, 0.2) is 12.1 Å². The molecule has 0 atom stereocenters. The van der Waals surface area contributed by atoms with Crippen LogP contribution in [0.4, 0.5) is 0 Å². The van der Waals surface area contributed by atoms with Crippen LogP contribution in [0.3, 0.4) is 0 Å². The van der Waals surface area contributed by atoms with E-state index in [-0.39, 0.29) is 5.97 Å². The van der Waals surface area contributed by atoms with Crippen molar-refractivity contribution in [3.8, 4) is 0 Å². The van der Waals surface area contributed by atoms with Crippen molar-refractivity contribution in [2.24, 2.45) is 0 Å². The molecule has 1 aromatic carbocycles. The molecule has 1 aromatic rings. The Labute approximate surface area is 108 Å². The highest BCUT2D eigenvalue weighted by molar-refractivity contribution is 14.1. The topological polar surface area (TPSA) is 26.3 Å². The second-order valence-corrected chi connectivity index (χ2v) is 4.78. The molecule has 1 rings (SSSR count). The Kier molecular flexibility index (Phi) is 4.24. The van der Waals surface area contributed by atoms with E-state index in [9.17, 15) is 4.79 Å². The first-order valence-electron chi connectivity index (χ1n) is 3.29. The van der Waals surface area contributed by atoms with Gasteiger partial charge in [-0.1, -0.05) is 11.6 Å². The Morgan fingerprint density at radius 3 is 2.54 bits per heavy atom. The lowest BCUT2D eigenvalue weighted by Crippen LogP contribution is -2.04. The maximum atomic E-state index is 11.2. The summed E-state index contributed by atoms with van der Waals surface area (Å²) in [5.41, 5.74) is 0.553. The van der Waals surface area contributed by atoms with Gasteiger partial charge in [0.15, 0.2) is 0 Å². The zero-order valence-electron chi connectivity index (χ0n) is 6.61. The van der Waals surface area contributed by atoms with Crippen molar-refractivity contribution >= 4 is 62.8 Å². The lowest BCUT2D eigenvalue weighted by atomic mass is 10.2. The summed E-state index contributed by atoms with van der Waals surface area (Å²) in [4.78, 5) is 11.2. The first kappa shape index (κ1) is 11.5. The number of carbonyl (C=O) groups is 1. The van der Waals surface area contributed by atoms with Gasteiger partial charge in [0.1, 0.15) is 0 Å². The molecule has 0 saturated carbocycles. The molecule has 0 bridgehead atoms. The van der Waals surface area contributed by atoms with Crippen molar-refractivity contribution in [1.82, 2.24) is 0 Å². The number of methoxy groups -OCH3 is 1. The van der Waals surface area contributed by atoms with Gasteiger partial charge in [0.05, 0.1) is 17.7 Å². The summed E-state index contributed by atoms with van der Waals surface area (Å²) in [6.45, 7) is 0. The van der Waals surface area contributed by atoms with E-state index in [0.29, 0.717) is 10.6 Å². The van der Waals surface area contributed by atoms with E-state index in [4.69, 9.17) is 11.6 Å². The molecule has 0 saturated heterocycles. The van der Waals surface area contributed by atoms with Gasteiger partial charge >= 0.3 is 5.97 Å². The predicted octanol–water partition coefficient (Wildman–Crippen LogP) is 3.34. The van der Waals surface area contributed by atoms with E-state index in [1.165, 1.54) is 7.11 Å². The Morgan fingerprint density at radius 2 is 2.00 bits per heavy atom. The van der Waals surface area contributed by atoms with Crippen LogP contribution in [-0.2, 0) is 4.74 Å². The van der Waals surface area contributed by atoms with Gasteiger partial charge in [-0.25, -0.2) is 4.79 Å². The van der Waals surface area contributed by atoms with Gasteiger partial charge in [0.25, 0.3) is 0 Å². The van der Waals surface area contributed by atoms with Gasteiger partial charge in [-0.15, -0.1) is 0 Å². The zero-order valence-corrected chi connectivity index (χ0v) is 11.7. The van der Waals surface area contributed by atoms with E-state index in [2.05, 4.69) is 49.9 Å². The van der Waals surface area contributed by atoms with Crippen LogP contribution in [0.25, 0.3) is 0 Å². The van der Waals surface area contributed by atoms with E-state index in [1.807, 2.05) is 0 Å². The molecular weight excluding hydrogens is 417 g/mol. The minimum absolute atomic E-state index is 0.334. The number of halogens is 3. The molecule has 0 aliphatic carbocycles. The van der Waals surface area contributed by atoms with Crippen molar-refractivity contribution in [2.45, 2.75) is 0 Å². The van der Waals surface area contributed by atoms with Gasteiger partial charge in [0.2, 0.25) is 0 Å². The van der Waals surface area contributed by atoms with Crippen molar-refractivity contribution in [1.29, 1.82) is 0 Å². The minimum Gasteiger partial charge on any atom is -0.465 e. The first-order chi connectivity index (χ1) is 6.07. The average Bonchev–Trinajstić information content (AvgIpc) is 2.13. The van der Waals surface area contributed by atoms with Gasteiger partial charge in [-0.05, 0) is 57.3 Å². The van der Waals surface area contributed by atoms with E-state index < -0.39 is 0 Å². The SMILES string of the molecule is COC(=O)c1ccc(Cl)c(I)c1I. The molecule has 0 aliphatic rings. The van der Waals surface area contributed by atoms with Crippen molar-refractivity contribution in [3.63, 3.8) is 0 Å².